The molecule has 0 saturated carbocycles. The fourth-order valence-electron chi connectivity index (χ4n) is 3.23. The summed E-state index contributed by atoms with van der Waals surface area (Å²) < 4.78 is 0. The number of carbonyl (C=O) groups excluding carboxylic acids is 1. The van der Waals surface area contributed by atoms with E-state index in [2.05, 4.69) is 6.92 Å². The molecule has 0 N–H and O–H groups in total. The van der Waals surface area contributed by atoms with Gasteiger partial charge in [-0.05, 0) is 23.1 Å². The number of nitriles is 2. The van der Waals surface area contributed by atoms with Gasteiger partial charge in [-0.1, -0.05) is 55.8 Å². The van der Waals surface area contributed by atoms with Crippen LogP contribution in [0.4, 0.5) is 0 Å². The van der Waals surface area contributed by atoms with Gasteiger partial charge < -0.3 is 0 Å². The Bertz CT molecular complexity index is 923. The van der Waals surface area contributed by atoms with Gasteiger partial charge in [-0.2, -0.15) is 10.5 Å². The van der Waals surface area contributed by atoms with Gasteiger partial charge in [0.15, 0.2) is 5.78 Å². The fraction of sp³-hybridized carbons (Fsp3) is 0.190. The van der Waals surface area contributed by atoms with E-state index in [4.69, 9.17) is 0 Å². The molecule has 0 heterocycles. The van der Waals surface area contributed by atoms with E-state index in [0.717, 1.165) is 35.1 Å². The van der Waals surface area contributed by atoms with Crippen LogP contribution in [0.1, 0.15) is 47.7 Å². The predicted molar refractivity (Wildman–Crippen MR) is 93.0 cm³/mol. The SMILES string of the molecule is CCCCC(=O)c1cccc2c1-c1ccccc1C2=C(C#N)C#N. The molecule has 0 spiro atoms. The van der Waals surface area contributed by atoms with Crippen LogP contribution in [0.5, 0.6) is 0 Å². The third kappa shape index (κ3) is 2.41. The summed E-state index contributed by atoms with van der Waals surface area (Å²) in [4.78, 5) is 12.6. The number of Topliss-reactive ketones (excluding diaryl/α,β-unsaturated/α-hetero) is 1. The average Bonchev–Trinajstić information content (AvgIpc) is 2.96. The zero-order chi connectivity index (χ0) is 17.1. The predicted octanol–water partition coefficient (Wildman–Crippen LogP) is 4.89. The lowest BCUT2D eigenvalue weighted by molar-refractivity contribution is 0.0980. The summed E-state index contributed by atoms with van der Waals surface area (Å²) in [5.41, 5.74) is 4.82. The topological polar surface area (TPSA) is 64.7 Å². The Morgan fingerprint density at radius 3 is 2.29 bits per heavy atom. The molecule has 2 aromatic rings. The van der Waals surface area contributed by atoms with Gasteiger partial charge >= 0.3 is 0 Å². The first kappa shape index (κ1) is 15.7. The second-order valence-corrected chi connectivity index (χ2v) is 5.77. The van der Waals surface area contributed by atoms with E-state index < -0.39 is 0 Å². The van der Waals surface area contributed by atoms with Crippen LogP contribution in [0, 0.1) is 22.7 Å². The first-order valence-electron chi connectivity index (χ1n) is 8.03. The third-order valence-electron chi connectivity index (χ3n) is 4.33. The van der Waals surface area contributed by atoms with Crippen molar-refractivity contribution in [3.63, 3.8) is 0 Å². The number of allylic oxidation sites excluding steroid dienone is 1. The summed E-state index contributed by atoms with van der Waals surface area (Å²) in [6, 6.07) is 17.2. The number of benzene rings is 2. The monoisotopic (exact) mass is 312 g/mol. The van der Waals surface area contributed by atoms with Crippen LogP contribution < -0.4 is 0 Å². The molecule has 1 aliphatic carbocycles. The molecule has 0 fully saturated rings. The number of rotatable bonds is 4. The van der Waals surface area contributed by atoms with E-state index in [1.165, 1.54) is 0 Å². The summed E-state index contributed by atoms with van der Waals surface area (Å²) >= 11 is 0. The second-order valence-electron chi connectivity index (χ2n) is 5.77. The molecular formula is C21H16N2O. The number of carbonyl (C=O) groups is 1. The van der Waals surface area contributed by atoms with Crippen LogP contribution >= 0.6 is 0 Å². The van der Waals surface area contributed by atoms with Gasteiger partial charge in [0, 0.05) is 23.1 Å². The molecule has 0 saturated heterocycles. The van der Waals surface area contributed by atoms with Gasteiger partial charge in [0.05, 0.1) is 0 Å². The summed E-state index contributed by atoms with van der Waals surface area (Å²) in [5.74, 6) is 0.111. The summed E-state index contributed by atoms with van der Waals surface area (Å²) in [7, 11) is 0. The fourth-order valence-corrected chi connectivity index (χ4v) is 3.23. The van der Waals surface area contributed by atoms with E-state index in [1.807, 2.05) is 54.6 Å². The minimum atomic E-state index is 0.0827. The molecule has 3 rings (SSSR count). The normalized spacial score (nSPS) is 11.2. The molecule has 0 amide bonds. The van der Waals surface area contributed by atoms with Gasteiger partial charge in [-0.15, -0.1) is 0 Å². The van der Waals surface area contributed by atoms with Crippen molar-refractivity contribution in [2.24, 2.45) is 0 Å². The highest BCUT2D eigenvalue weighted by Gasteiger charge is 2.29. The second kappa shape index (κ2) is 6.52. The van der Waals surface area contributed by atoms with Gasteiger partial charge in [0.2, 0.25) is 0 Å². The maximum absolute atomic E-state index is 12.6. The Labute approximate surface area is 141 Å². The van der Waals surface area contributed by atoms with E-state index in [0.29, 0.717) is 17.6 Å². The number of unbranched alkanes of at least 4 members (excludes halogenated alkanes) is 1. The Morgan fingerprint density at radius 2 is 1.62 bits per heavy atom. The van der Waals surface area contributed by atoms with Gasteiger partial charge in [-0.3, -0.25) is 4.79 Å². The van der Waals surface area contributed by atoms with Crippen LogP contribution in [0.15, 0.2) is 48.0 Å². The standard InChI is InChI=1S/C21H16N2O/c1-2-3-11-19(24)17-9-6-10-18-20(14(12-22)13-23)15-7-4-5-8-16(15)21(17)18/h4-10H,2-3,11H2,1H3. The molecule has 0 radical (unpaired) electrons. The van der Waals surface area contributed by atoms with Crippen molar-refractivity contribution in [2.75, 3.05) is 0 Å². The third-order valence-corrected chi connectivity index (χ3v) is 4.33. The number of hydrogen-bond donors (Lipinski definition) is 0. The van der Waals surface area contributed by atoms with Gasteiger partial charge in [0.1, 0.15) is 17.7 Å². The highest BCUT2D eigenvalue weighted by Crippen LogP contribution is 2.47. The molecule has 1 aliphatic rings. The summed E-state index contributed by atoms with van der Waals surface area (Å²) in [5, 5.41) is 18.7. The average molecular weight is 312 g/mol. The van der Waals surface area contributed by atoms with Crippen LogP contribution in [0.2, 0.25) is 0 Å². The maximum Gasteiger partial charge on any atom is 0.163 e. The van der Waals surface area contributed by atoms with Gasteiger partial charge in [0.25, 0.3) is 0 Å². The molecule has 2 aromatic carbocycles. The molecular weight excluding hydrogens is 296 g/mol. The van der Waals surface area contributed by atoms with Crippen molar-refractivity contribution in [3.05, 3.63) is 64.7 Å². The van der Waals surface area contributed by atoms with Crippen molar-refractivity contribution in [3.8, 4) is 23.3 Å². The lowest BCUT2D eigenvalue weighted by atomic mass is 9.94. The molecule has 24 heavy (non-hydrogen) atoms. The molecule has 0 aromatic heterocycles. The Balaban J connectivity index is 2.30. The Kier molecular flexibility index (Phi) is 4.27. The number of fused-ring (bicyclic) bond motifs is 3. The zero-order valence-electron chi connectivity index (χ0n) is 13.5. The molecule has 0 aliphatic heterocycles. The minimum Gasteiger partial charge on any atom is -0.294 e. The summed E-state index contributed by atoms with van der Waals surface area (Å²) in [6.07, 6.45) is 2.33. The molecule has 3 heteroatoms. The summed E-state index contributed by atoms with van der Waals surface area (Å²) in [6.45, 7) is 2.06. The van der Waals surface area contributed by atoms with E-state index in [-0.39, 0.29) is 11.4 Å². The molecule has 3 nitrogen and oxygen atoms in total. The molecule has 0 atom stereocenters. The van der Waals surface area contributed by atoms with Crippen molar-refractivity contribution in [1.82, 2.24) is 0 Å². The van der Waals surface area contributed by atoms with Crippen LogP contribution in [-0.2, 0) is 0 Å². The smallest absolute Gasteiger partial charge is 0.163 e. The lowest BCUT2D eigenvalue weighted by Crippen LogP contribution is -2.01. The van der Waals surface area contributed by atoms with Crippen molar-refractivity contribution < 1.29 is 4.79 Å². The first-order chi connectivity index (χ1) is 11.7. The maximum atomic E-state index is 12.6. The Morgan fingerprint density at radius 1 is 0.958 bits per heavy atom. The molecule has 116 valence electrons. The van der Waals surface area contributed by atoms with Crippen LogP contribution in [0.25, 0.3) is 16.7 Å². The zero-order valence-corrected chi connectivity index (χ0v) is 13.5. The number of ketones is 1. The lowest BCUT2D eigenvalue weighted by Gasteiger charge is -2.08. The van der Waals surface area contributed by atoms with Gasteiger partial charge in [-0.25, -0.2) is 0 Å². The van der Waals surface area contributed by atoms with Crippen molar-refractivity contribution in [2.45, 2.75) is 26.2 Å². The highest BCUT2D eigenvalue weighted by molar-refractivity contribution is 6.12. The molecule has 0 unspecified atom stereocenters. The van der Waals surface area contributed by atoms with Crippen molar-refractivity contribution in [1.29, 1.82) is 10.5 Å². The van der Waals surface area contributed by atoms with Crippen LogP contribution in [0.3, 0.4) is 0 Å². The highest BCUT2D eigenvalue weighted by atomic mass is 16.1. The number of nitrogens with zero attached hydrogens (tertiary/aromatic N) is 2. The van der Waals surface area contributed by atoms with Crippen molar-refractivity contribution >= 4 is 11.4 Å². The molecule has 0 bridgehead atoms. The Hall–Kier alpha value is -3.17. The van der Waals surface area contributed by atoms with E-state index in [1.54, 1.807) is 0 Å². The van der Waals surface area contributed by atoms with E-state index in [9.17, 15) is 15.3 Å². The minimum absolute atomic E-state index is 0.0827. The number of hydrogen-bond acceptors (Lipinski definition) is 3. The first-order valence-corrected chi connectivity index (χ1v) is 8.03. The van der Waals surface area contributed by atoms with Crippen LogP contribution in [-0.4, -0.2) is 5.78 Å². The van der Waals surface area contributed by atoms with E-state index >= 15 is 0 Å². The largest absolute Gasteiger partial charge is 0.294 e. The quantitative estimate of drug-likeness (QED) is 0.509.